The number of nitrogens with zero attached hydrogens (tertiary/aromatic N) is 1. The molecule has 0 spiro atoms. The largest absolute Gasteiger partial charge is 0.358 e. The Kier molecular flexibility index (Phi) is 5.77. The van der Waals surface area contributed by atoms with Crippen LogP contribution in [0.1, 0.15) is 0 Å². The molecule has 0 aliphatic rings. The van der Waals surface area contributed by atoms with E-state index >= 15 is 0 Å². The fourth-order valence-corrected chi connectivity index (χ4v) is 1.10. The summed E-state index contributed by atoms with van der Waals surface area (Å²) in [7, 11) is 3.21. The van der Waals surface area contributed by atoms with Crippen LogP contribution in [0.25, 0.3) is 0 Å². The summed E-state index contributed by atoms with van der Waals surface area (Å²) in [5, 5.41) is 5.22. The number of carbonyl (C=O) groups is 1. The van der Waals surface area contributed by atoms with Gasteiger partial charge in [0, 0.05) is 29.3 Å². The van der Waals surface area contributed by atoms with Crippen molar-refractivity contribution in [3.63, 3.8) is 0 Å². The molecule has 0 rings (SSSR count). The molecule has 11 heavy (non-hydrogen) atoms. The van der Waals surface area contributed by atoms with E-state index < -0.39 is 0 Å². The van der Waals surface area contributed by atoms with Gasteiger partial charge in [0.25, 0.3) is 0 Å². The Morgan fingerprint density at radius 1 is 1.64 bits per heavy atom. The molecule has 0 fully saturated rings. The van der Waals surface area contributed by atoms with Crippen LogP contribution in [-0.2, 0) is 4.79 Å². The summed E-state index contributed by atoms with van der Waals surface area (Å²) in [5.41, 5.74) is 0. The summed E-state index contributed by atoms with van der Waals surface area (Å²) < 4.78 is 2.59. The lowest BCUT2D eigenvalue weighted by Gasteiger charge is -2.10. The van der Waals surface area contributed by atoms with Gasteiger partial charge in [-0.25, -0.2) is 0 Å². The molecule has 6 heteroatoms. The van der Waals surface area contributed by atoms with Crippen molar-refractivity contribution in [3.8, 4) is 0 Å². The van der Waals surface area contributed by atoms with E-state index in [4.69, 9.17) is 0 Å². The highest BCUT2D eigenvalue weighted by atomic mass is 32.2. The second kappa shape index (κ2) is 6.11. The number of hydrogen-bond donors (Lipinski definition) is 2. The van der Waals surface area contributed by atoms with E-state index in [2.05, 4.69) is 15.2 Å². The number of likely N-dealkylation sites (N-methyl/N-ethyl adjacent to an activating group) is 2. The lowest BCUT2D eigenvalue weighted by atomic mass is 10.3. The topological polar surface area (TPSA) is 70.6 Å². The Hall–Kier alpha value is -0.620. The summed E-state index contributed by atoms with van der Waals surface area (Å²) in [6, 6.07) is -0.345. The molecule has 5 nitrogen and oxygen atoms in total. The fourth-order valence-electron chi connectivity index (χ4n) is 0.569. The van der Waals surface area contributed by atoms with Gasteiger partial charge in [-0.15, -0.1) is 4.91 Å². The number of amides is 1. The predicted molar refractivity (Wildman–Crippen MR) is 45.2 cm³/mol. The highest BCUT2D eigenvalue weighted by molar-refractivity contribution is 7.97. The zero-order valence-electron chi connectivity index (χ0n) is 6.46. The lowest BCUT2D eigenvalue weighted by Crippen LogP contribution is -2.42. The number of hydrogen-bond acceptors (Lipinski definition) is 5. The van der Waals surface area contributed by atoms with Crippen LogP contribution in [0, 0.1) is 4.91 Å². The van der Waals surface area contributed by atoms with E-state index in [1.54, 1.807) is 14.1 Å². The molecular formula is C5H11N3O2S. The third kappa shape index (κ3) is 3.94. The normalized spacial score (nSPS) is 12.2. The van der Waals surface area contributed by atoms with Gasteiger partial charge in [0.15, 0.2) is 0 Å². The molecule has 0 aromatic carbocycles. The first-order valence-corrected chi connectivity index (χ1v) is 4.04. The molecule has 0 unspecified atom stereocenters. The second-order valence-electron chi connectivity index (χ2n) is 1.83. The Labute approximate surface area is 69.4 Å². The lowest BCUT2D eigenvalue weighted by molar-refractivity contribution is -0.122. The highest BCUT2D eigenvalue weighted by Gasteiger charge is 2.14. The Morgan fingerprint density at radius 3 is 2.64 bits per heavy atom. The van der Waals surface area contributed by atoms with Crippen LogP contribution < -0.4 is 10.6 Å². The van der Waals surface area contributed by atoms with Crippen LogP contribution in [0.3, 0.4) is 0 Å². The van der Waals surface area contributed by atoms with Crippen molar-refractivity contribution < 1.29 is 4.79 Å². The van der Waals surface area contributed by atoms with Crippen LogP contribution in [-0.4, -0.2) is 31.8 Å². The van der Waals surface area contributed by atoms with Crippen molar-refractivity contribution in [1.82, 2.24) is 10.6 Å². The quantitative estimate of drug-likeness (QED) is 0.448. The van der Waals surface area contributed by atoms with E-state index in [1.165, 1.54) is 0 Å². The summed E-state index contributed by atoms with van der Waals surface area (Å²) in [5.74, 6) is 0.225. The molecule has 0 aliphatic heterocycles. The first-order chi connectivity index (χ1) is 5.26. The van der Waals surface area contributed by atoms with Gasteiger partial charge in [-0.1, -0.05) is 0 Å². The maximum Gasteiger partial charge on any atom is 0.237 e. The van der Waals surface area contributed by atoms with Gasteiger partial charge in [-0.05, 0) is 7.05 Å². The van der Waals surface area contributed by atoms with Crippen molar-refractivity contribution in [2.75, 3.05) is 19.8 Å². The smallest absolute Gasteiger partial charge is 0.237 e. The Balaban J connectivity index is 3.74. The number of carbonyl (C=O) groups excluding carboxylic acids is 1. The zero-order chi connectivity index (χ0) is 8.69. The molecule has 2 N–H and O–H groups in total. The molecule has 0 bridgehead atoms. The monoisotopic (exact) mass is 177 g/mol. The van der Waals surface area contributed by atoms with E-state index in [9.17, 15) is 9.70 Å². The average Bonchev–Trinajstić information content (AvgIpc) is 2.05. The van der Waals surface area contributed by atoms with Crippen LogP contribution in [0.2, 0.25) is 0 Å². The molecule has 0 radical (unpaired) electrons. The van der Waals surface area contributed by atoms with Crippen LogP contribution >= 0.6 is 11.9 Å². The zero-order valence-corrected chi connectivity index (χ0v) is 7.27. The van der Waals surface area contributed by atoms with Crippen LogP contribution in [0.5, 0.6) is 0 Å². The summed E-state index contributed by atoms with van der Waals surface area (Å²) in [4.78, 5) is 20.6. The van der Waals surface area contributed by atoms with Crippen molar-refractivity contribution in [1.29, 1.82) is 0 Å². The third-order valence-corrected chi connectivity index (χ3v) is 1.79. The molecule has 0 saturated heterocycles. The van der Waals surface area contributed by atoms with Gasteiger partial charge in [0.05, 0.1) is 6.04 Å². The van der Waals surface area contributed by atoms with Gasteiger partial charge in [0.2, 0.25) is 5.91 Å². The molecule has 0 aromatic heterocycles. The maximum absolute atomic E-state index is 10.9. The molecule has 1 atom stereocenters. The summed E-state index contributed by atoms with van der Waals surface area (Å²) in [6.45, 7) is 0. The van der Waals surface area contributed by atoms with E-state index in [1.807, 2.05) is 0 Å². The van der Waals surface area contributed by atoms with E-state index in [0.717, 1.165) is 11.9 Å². The first-order valence-electron chi connectivity index (χ1n) is 3.09. The van der Waals surface area contributed by atoms with Gasteiger partial charge >= 0.3 is 0 Å². The molecule has 1 amide bonds. The SMILES string of the molecule is CNC(=O)[C@H](CSN=O)NC. The van der Waals surface area contributed by atoms with Crippen molar-refractivity contribution in [3.05, 3.63) is 4.91 Å². The molecular weight excluding hydrogens is 166 g/mol. The van der Waals surface area contributed by atoms with Gasteiger partial charge in [0.1, 0.15) is 0 Å². The van der Waals surface area contributed by atoms with Gasteiger partial charge in [-0.3, -0.25) is 4.79 Å². The molecule has 0 saturated carbocycles. The van der Waals surface area contributed by atoms with E-state index in [-0.39, 0.29) is 11.9 Å². The van der Waals surface area contributed by atoms with Crippen LogP contribution in [0.4, 0.5) is 0 Å². The standard InChI is InChI=1S/C5H11N3O2S/c1-6-4(3-11-8-10)5(9)7-2/h4,6H,3H2,1-2H3,(H,7,9)/t4-/m0/s1. The minimum absolute atomic E-state index is 0.136. The Morgan fingerprint density at radius 2 is 2.27 bits per heavy atom. The molecule has 0 aliphatic carbocycles. The molecule has 0 aromatic rings. The average molecular weight is 177 g/mol. The summed E-state index contributed by atoms with van der Waals surface area (Å²) >= 11 is 0.831. The predicted octanol–water partition coefficient (Wildman–Crippen LogP) is -0.265. The first kappa shape index (κ1) is 10.4. The molecule has 64 valence electrons. The maximum atomic E-state index is 10.9. The van der Waals surface area contributed by atoms with Crippen LogP contribution in [0.15, 0.2) is 4.58 Å². The van der Waals surface area contributed by atoms with Crippen molar-refractivity contribution >= 4 is 17.9 Å². The summed E-state index contributed by atoms with van der Waals surface area (Å²) in [6.07, 6.45) is 0. The second-order valence-corrected chi connectivity index (χ2v) is 2.57. The van der Waals surface area contributed by atoms with Gasteiger partial charge < -0.3 is 10.6 Å². The van der Waals surface area contributed by atoms with E-state index in [0.29, 0.717) is 5.75 Å². The molecule has 0 heterocycles. The van der Waals surface area contributed by atoms with Crippen molar-refractivity contribution in [2.45, 2.75) is 6.04 Å². The van der Waals surface area contributed by atoms with Crippen molar-refractivity contribution in [2.24, 2.45) is 4.58 Å². The van der Waals surface area contributed by atoms with Gasteiger partial charge in [-0.2, -0.15) is 0 Å². The highest BCUT2D eigenvalue weighted by Crippen LogP contribution is 2.02. The Bertz CT molecular complexity index is 142. The number of nitrogens with one attached hydrogen (secondary N) is 2. The third-order valence-electron chi connectivity index (χ3n) is 1.21. The number of rotatable bonds is 5. The fraction of sp³-hybridized carbons (Fsp3) is 0.800. The minimum atomic E-state index is -0.345. The minimum Gasteiger partial charge on any atom is -0.358 e. The number of nitroso groups, excluding NO2 is 1.